The SMILES string of the molecule is C[C@@H]1CN(c2ncnc3c2C2(CCC2)CN3c2cc(C#N)ccn2)[C@H](C)CN1C(=O)C(C)(C)C(F)F. The lowest BCUT2D eigenvalue weighted by atomic mass is 9.66. The molecule has 0 bridgehead atoms. The molecule has 36 heavy (non-hydrogen) atoms. The van der Waals surface area contributed by atoms with Crippen LogP contribution < -0.4 is 9.80 Å². The van der Waals surface area contributed by atoms with Gasteiger partial charge in [0.15, 0.2) is 0 Å². The monoisotopic (exact) mass is 495 g/mol. The molecule has 2 aromatic rings. The smallest absolute Gasteiger partial charge is 0.252 e. The Balaban J connectivity index is 1.50. The molecule has 0 unspecified atom stereocenters. The van der Waals surface area contributed by atoms with E-state index in [1.165, 1.54) is 13.8 Å². The molecule has 1 amide bonds. The topological polar surface area (TPSA) is 89.2 Å². The van der Waals surface area contributed by atoms with E-state index in [4.69, 9.17) is 4.98 Å². The van der Waals surface area contributed by atoms with Crippen molar-refractivity contribution in [3.05, 3.63) is 35.8 Å². The molecule has 2 fully saturated rings. The Morgan fingerprint density at radius 2 is 1.89 bits per heavy atom. The van der Waals surface area contributed by atoms with Gasteiger partial charge in [0.1, 0.15) is 29.2 Å². The molecule has 1 aliphatic carbocycles. The first-order chi connectivity index (χ1) is 17.1. The standard InChI is InChI=1S/C26H31F2N7O/c1-16-13-34(24(36)25(3,4)23(27)28)17(2)12-33(16)21-20-22(32-15-31-21)35(14-26(20)7-5-8-26)19-10-18(11-29)6-9-30-19/h6,9-10,15-17,23H,5,7-8,12-14H2,1-4H3/t16-,17-/m1/s1. The Kier molecular flexibility index (Phi) is 5.85. The number of pyridine rings is 1. The summed E-state index contributed by atoms with van der Waals surface area (Å²) < 4.78 is 27.2. The fraction of sp³-hybridized carbons (Fsp3) is 0.577. The van der Waals surface area contributed by atoms with Gasteiger partial charge in [-0.15, -0.1) is 0 Å². The molecule has 3 aliphatic rings. The average Bonchev–Trinajstić information content (AvgIpc) is 3.21. The maximum absolute atomic E-state index is 13.6. The summed E-state index contributed by atoms with van der Waals surface area (Å²) in [5.41, 5.74) is -0.190. The summed E-state index contributed by atoms with van der Waals surface area (Å²) in [6, 6.07) is 5.29. The summed E-state index contributed by atoms with van der Waals surface area (Å²) in [6.07, 6.45) is 3.61. The van der Waals surface area contributed by atoms with Crippen LogP contribution >= 0.6 is 0 Å². The highest BCUT2D eigenvalue weighted by molar-refractivity contribution is 5.83. The number of amides is 1. The van der Waals surface area contributed by atoms with Crippen LogP contribution in [0, 0.1) is 16.7 Å². The second kappa shape index (κ2) is 8.64. The van der Waals surface area contributed by atoms with Gasteiger partial charge >= 0.3 is 0 Å². The minimum Gasteiger partial charge on any atom is -0.350 e. The van der Waals surface area contributed by atoms with Crippen molar-refractivity contribution >= 4 is 23.4 Å². The predicted molar refractivity (Wildman–Crippen MR) is 131 cm³/mol. The van der Waals surface area contributed by atoms with Crippen LogP contribution in [0.2, 0.25) is 0 Å². The minimum absolute atomic E-state index is 0.0934. The number of fused-ring (bicyclic) bond motifs is 2. The van der Waals surface area contributed by atoms with Crippen molar-refractivity contribution in [3.63, 3.8) is 0 Å². The fourth-order valence-corrected chi connectivity index (χ4v) is 5.73. The predicted octanol–water partition coefficient (Wildman–Crippen LogP) is 4.03. The molecule has 190 valence electrons. The zero-order chi connectivity index (χ0) is 25.8. The lowest BCUT2D eigenvalue weighted by Crippen LogP contribution is -2.61. The van der Waals surface area contributed by atoms with E-state index in [1.54, 1.807) is 29.6 Å². The van der Waals surface area contributed by atoms with Crippen LogP contribution in [-0.2, 0) is 10.2 Å². The molecule has 2 aromatic heterocycles. The van der Waals surface area contributed by atoms with Crippen molar-refractivity contribution in [2.45, 2.75) is 70.9 Å². The van der Waals surface area contributed by atoms with Crippen LogP contribution in [0.25, 0.3) is 0 Å². The molecule has 0 N–H and O–H groups in total. The van der Waals surface area contributed by atoms with Gasteiger partial charge in [0.05, 0.1) is 11.6 Å². The van der Waals surface area contributed by atoms with Crippen molar-refractivity contribution in [1.29, 1.82) is 5.26 Å². The molecule has 8 nitrogen and oxygen atoms in total. The second-order valence-corrected chi connectivity index (χ2v) is 11.0. The highest BCUT2D eigenvalue weighted by Crippen LogP contribution is 2.56. The zero-order valence-electron chi connectivity index (χ0n) is 21.1. The molecule has 0 radical (unpaired) electrons. The first-order valence-electron chi connectivity index (χ1n) is 12.4. The van der Waals surface area contributed by atoms with E-state index >= 15 is 0 Å². The van der Waals surface area contributed by atoms with Gasteiger partial charge in [-0.25, -0.2) is 23.7 Å². The lowest BCUT2D eigenvalue weighted by Gasteiger charge is -2.48. The number of aromatic nitrogens is 3. The van der Waals surface area contributed by atoms with Crippen molar-refractivity contribution in [2.75, 3.05) is 29.4 Å². The minimum atomic E-state index is -2.73. The molecule has 1 saturated heterocycles. The van der Waals surface area contributed by atoms with Gasteiger partial charge in [0.25, 0.3) is 6.43 Å². The average molecular weight is 496 g/mol. The molecular weight excluding hydrogens is 464 g/mol. The Labute approximate surface area is 209 Å². The van der Waals surface area contributed by atoms with E-state index < -0.39 is 17.7 Å². The van der Waals surface area contributed by atoms with Crippen molar-refractivity contribution in [1.82, 2.24) is 19.9 Å². The number of carbonyl (C=O) groups excluding carboxylic acids is 1. The summed E-state index contributed by atoms with van der Waals surface area (Å²) in [4.78, 5) is 32.8. The highest BCUT2D eigenvalue weighted by atomic mass is 19.3. The largest absolute Gasteiger partial charge is 0.350 e. The van der Waals surface area contributed by atoms with E-state index in [-0.39, 0.29) is 17.5 Å². The second-order valence-electron chi connectivity index (χ2n) is 11.0. The summed E-state index contributed by atoms with van der Waals surface area (Å²) >= 11 is 0. The van der Waals surface area contributed by atoms with Gasteiger partial charge in [-0.1, -0.05) is 6.42 Å². The molecule has 5 rings (SSSR count). The molecule has 0 aromatic carbocycles. The van der Waals surface area contributed by atoms with Crippen molar-refractivity contribution in [2.24, 2.45) is 5.41 Å². The number of carbonyl (C=O) groups is 1. The quantitative estimate of drug-likeness (QED) is 0.633. The van der Waals surface area contributed by atoms with Crippen LogP contribution in [0.4, 0.5) is 26.2 Å². The van der Waals surface area contributed by atoms with Crippen LogP contribution in [0.15, 0.2) is 24.7 Å². The van der Waals surface area contributed by atoms with Crippen LogP contribution in [-0.4, -0.2) is 63.9 Å². The molecule has 2 atom stereocenters. The van der Waals surface area contributed by atoms with Crippen LogP contribution in [0.3, 0.4) is 0 Å². The third-order valence-corrected chi connectivity index (χ3v) is 8.13. The Morgan fingerprint density at radius 1 is 1.17 bits per heavy atom. The van der Waals surface area contributed by atoms with E-state index in [9.17, 15) is 18.8 Å². The summed E-state index contributed by atoms with van der Waals surface area (Å²) in [5, 5.41) is 9.37. The fourth-order valence-electron chi connectivity index (χ4n) is 5.73. The number of alkyl halides is 2. The number of anilines is 3. The number of rotatable bonds is 4. The van der Waals surface area contributed by atoms with Crippen LogP contribution in [0.1, 0.15) is 58.1 Å². The summed E-state index contributed by atoms with van der Waals surface area (Å²) in [6.45, 7) is 8.10. The maximum Gasteiger partial charge on any atom is 0.252 e. The molecule has 2 aliphatic heterocycles. The highest BCUT2D eigenvalue weighted by Gasteiger charge is 2.52. The van der Waals surface area contributed by atoms with Crippen LogP contribution in [0.5, 0.6) is 0 Å². The number of piperazine rings is 1. The normalized spacial score (nSPS) is 23.0. The number of nitrogens with zero attached hydrogens (tertiary/aromatic N) is 7. The van der Waals surface area contributed by atoms with Crippen molar-refractivity contribution in [3.8, 4) is 6.07 Å². The lowest BCUT2D eigenvalue weighted by molar-refractivity contribution is -0.152. The molecule has 10 heteroatoms. The summed E-state index contributed by atoms with van der Waals surface area (Å²) in [7, 11) is 0. The Morgan fingerprint density at radius 3 is 2.53 bits per heavy atom. The van der Waals surface area contributed by atoms with Gasteiger partial charge < -0.3 is 14.7 Å². The number of hydrogen-bond acceptors (Lipinski definition) is 7. The number of halogens is 2. The molecular formula is C26H31F2N7O. The molecule has 1 saturated carbocycles. The van der Waals surface area contributed by atoms with E-state index in [0.29, 0.717) is 24.5 Å². The zero-order valence-corrected chi connectivity index (χ0v) is 21.1. The Hall–Kier alpha value is -3.35. The summed E-state index contributed by atoms with van der Waals surface area (Å²) in [5.74, 6) is 1.82. The third-order valence-electron chi connectivity index (χ3n) is 8.13. The van der Waals surface area contributed by atoms with Gasteiger partial charge in [-0.05, 0) is 52.7 Å². The van der Waals surface area contributed by atoms with Gasteiger partial charge in [-0.3, -0.25) is 4.79 Å². The van der Waals surface area contributed by atoms with Gasteiger partial charge in [0, 0.05) is 48.9 Å². The van der Waals surface area contributed by atoms with E-state index in [1.807, 2.05) is 13.8 Å². The number of nitriles is 1. The molecule has 4 heterocycles. The first-order valence-corrected chi connectivity index (χ1v) is 12.4. The first kappa shape index (κ1) is 24.3. The van der Waals surface area contributed by atoms with Gasteiger partial charge in [0.2, 0.25) is 5.91 Å². The number of hydrogen-bond donors (Lipinski definition) is 0. The van der Waals surface area contributed by atoms with Crippen molar-refractivity contribution < 1.29 is 13.6 Å². The molecule has 1 spiro atoms. The van der Waals surface area contributed by atoms with E-state index in [2.05, 4.69) is 25.8 Å². The maximum atomic E-state index is 13.6. The third kappa shape index (κ3) is 3.67. The van der Waals surface area contributed by atoms with E-state index in [0.717, 1.165) is 43.0 Å². The van der Waals surface area contributed by atoms with Gasteiger partial charge in [-0.2, -0.15) is 5.26 Å². The Bertz CT molecular complexity index is 1220.